The van der Waals surface area contributed by atoms with Crippen LogP contribution in [0.4, 0.5) is 0 Å². The highest BCUT2D eigenvalue weighted by atomic mass is 32.1. The van der Waals surface area contributed by atoms with Crippen LogP contribution in [-0.4, -0.2) is 4.98 Å². The van der Waals surface area contributed by atoms with Gasteiger partial charge in [0.2, 0.25) is 0 Å². The molecule has 0 aliphatic rings. The quantitative estimate of drug-likeness (QED) is 0.639. The van der Waals surface area contributed by atoms with Crippen LogP contribution in [0.25, 0.3) is 0 Å². The second kappa shape index (κ2) is 9.41. The highest BCUT2D eigenvalue weighted by Crippen LogP contribution is 1.98. The van der Waals surface area contributed by atoms with E-state index in [1.165, 1.54) is 5.56 Å². The molecule has 0 amide bonds. The van der Waals surface area contributed by atoms with Gasteiger partial charge in [0.15, 0.2) is 0 Å². The first-order valence-electron chi connectivity index (χ1n) is 5.17. The van der Waals surface area contributed by atoms with E-state index in [4.69, 9.17) is 0 Å². The van der Waals surface area contributed by atoms with E-state index in [1.54, 1.807) is 17.5 Å². The first-order chi connectivity index (χ1) is 7.29. The van der Waals surface area contributed by atoms with Crippen LogP contribution in [0, 0.1) is 13.8 Å². The Labute approximate surface area is 96.8 Å². The van der Waals surface area contributed by atoms with Crippen LogP contribution >= 0.6 is 11.3 Å². The molecule has 0 saturated heterocycles. The van der Waals surface area contributed by atoms with Crippen molar-refractivity contribution in [2.45, 2.75) is 27.7 Å². The maximum atomic E-state index is 3.94. The normalized spacial score (nSPS) is 8.00. The summed E-state index contributed by atoms with van der Waals surface area (Å²) in [5, 5.41) is 3.10. The molecular weight excluding hydrogens is 202 g/mol. The molecule has 2 rings (SSSR count). The van der Waals surface area contributed by atoms with Gasteiger partial charge in [-0.3, -0.25) is 4.98 Å². The molecule has 0 atom stereocenters. The molecule has 1 heterocycles. The molecule has 2 aromatic rings. The van der Waals surface area contributed by atoms with Crippen molar-refractivity contribution in [3.63, 3.8) is 0 Å². The minimum atomic E-state index is 1.13. The van der Waals surface area contributed by atoms with Crippen LogP contribution in [0.1, 0.15) is 24.4 Å². The van der Waals surface area contributed by atoms with E-state index in [0.29, 0.717) is 0 Å². The number of rotatable bonds is 0. The number of hydrogen-bond donors (Lipinski definition) is 0. The predicted octanol–water partition coefficient (Wildman–Crippen LogP) is 4.47. The van der Waals surface area contributed by atoms with Crippen LogP contribution in [0.3, 0.4) is 0 Å². The van der Waals surface area contributed by atoms with E-state index >= 15 is 0 Å². The molecule has 0 spiro atoms. The summed E-state index contributed by atoms with van der Waals surface area (Å²) in [4.78, 5) is 3.94. The lowest BCUT2D eigenvalue weighted by atomic mass is 10.2. The van der Waals surface area contributed by atoms with Crippen LogP contribution < -0.4 is 0 Å². The van der Waals surface area contributed by atoms with E-state index < -0.39 is 0 Å². The Hall–Kier alpha value is -1.15. The number of thiazole rings is 1. The Bertz CT molecular complexity index is 314. The van der Waals surface area contributed by atoms with Gasteiger partial charge >= 0.3 is 0 Å². The van der Waals surface area contributed by atoms with Gasteiger partial charge in [-0.05, 0) is 13.8 Å². The molecular formula is C13H19NS. The average Bonchev–Trinajstić information content (AvgIpc) is 2.74. The largest absolute Gasteiger partial charge is 0.250 e. The Morgan fingerprint density at radius 2 is 1.60 bits per heavy atom. The molecule has 0 fully saturated rings. The molecule has 0 unspecified atom stereocenters. The Kier molecular flexibility index (Phi) is 8.69. The third-order valence-electron chi connectivity index (χ3n) is 1.50. The van der Waals surface area contributed by atoms with E-state index in [2.05, 4.69) is 24.0 Å². The first kappa shape index (κ1) is 13.8. The van der Waals surface area contributed by atoms with Crippen molar-refractivity contribution in [3.8, 4) is 0 Å². The van der Waals surface area contributed by atoms with Gasteiger partial charge in [-0.25, -0.2) is 0 Å². The summed E-state index contributed by atoms with van der Waals surface area (Å²) in [7, 11) is 0. The highest BCUT2D eigenvalue weighted by molar-refractivity contribution is 7.09. The van der Waals surface area contributed by atoms with Crippen LogP contribution in [-0.2, 0) is 0 Å². The summed E-state index contributed by atoms with van der Waals surface area (Å²) < 4.78 is 0. The van der Waals surface area contributed by atoms with Crippen molar-refractivity contribution in [2.75, 3.05) is 0 Å². The Balaban J connectivity index is 0.000000227. The number of nitrogens with zero attached hydrogens (tertiary/aromatic N) is 1. The van der Waals surface area contributed by atoms with E-state index in [9.17, 15) is 0 Å². The van der Waals surface area contributed by atoms with Gasteiger partial charge in [0.25, 0.3) is 0 Å². The van der Waals surface area contributed by atoms with Gasteiger partial charge < -0.3 is 0 Å². The summed E-state index contributed by atoms with van der Waals surface area (Å²) in [5.74, 6) is 0. The average molecular weight is 221 g/mol. The van der Waals surface area contributed by atoms with Gasteiger partial charge in [0.1, 0.15) is 0 Å². The van der Waals surface area contributed by atoms with E-state index in [-0.39, 0.29) is 0 Å². The van der Waals surface area contributed by atoms with Crippen LogP contribution in [0.5, 0.6) is 0 Å². The fourth-order valence-corrected chi connectivity index (χ4v) is 1.27. The number of benzene rings is 1. The van der Waals surface area contributed by atoms with Gasteiger partial charge in [-0.15, -0.1) is 11.3 Å². The van der Waals surface area contributed by atoms with Gasteiger partial charge in [-0.2, -0.15) is 0 Å². The minimum absolute atomic E-state index is 1.13. The van der Waals surface area contributed by atoms with Crippen molar-refractivity contribution in [3.05, 3.63) is 52.5 Å². The smallest absolute Gasteiger partial charge is 0.0893 e. The van der Waals surface area contributed by atoms with Crippen molar-refractivity contribution in [1.29, 1.82) is 0 Å². The number of aryl methyl sites for hydroxylation is 2. The number of aromatic nitrogens is 1. The van der Waals surface area contributed by atoms with E-state index in [1.807, 2.05) is 44.4 Å². The van der Waals surface area contributed by atoms with Crippen LogP contribution in [0.15, 0.2) is 41.9 Å². The second-order valence-corrected chi connectivity index (χ2v) is 3.80. The van der Waals surface area contributed by atoms with Gasteiger partial charge in [-0.1, -0.05) is 49.7 Å². The molecule has 0 saturated carbocycles. The first-order valence-corrected chi connectivity index (χ1v) is 6.05. The Morgan fingerprint density at radius 3 is 1.80 bits per heavy atom. The zero-order valence-electron chi connectivity index (χ0n) is 9.90. The number of hydrogen-bond acceptors (Lipinski definition) is 2. The summed E-state index contributed by atoms with van der Waals surface area (Å²) >= 11 is 1.67. The summed E-state index contributed by atoms with van der Waals surface area (Å²) in [6.07, 6.45) is 1.81. The topological polar surface area (TPSA) is 12.9 Å². The third-order valence-corrected chi connectivity index (χ3v) is 2.20. The standard InChI is InChI=1S/C7H8.C4H5NS.C2H6/c1-7-5-3-2-4-6-7;1-4-5-2-3-6-4;1-2/h2-6H,1H3;2-3H,1H3;1-2H3. The molecule has 0 N–H and O–H groups in total. The minimum Gasteiger partial charge on any atom is -0.250 e. The molecule has 1 aromatic heterocycles. The van der Waals surface area contributed by atoms with Crippen molar-refractivity contribution in [2.24, 2.45) is 0 Å². The fourth-order valence-electron chi connectivity index (χ4n) is 0.829. The van der Waals surface area contributed by atoms with Crippen molar-refractivity contribution in [1.82, 2.24) is 4.98 Å². The molecule has 15 heavy (non-hydrogen) atoms. The van der Waals surface area contributed by atoms with Crippen molar-refractivity contribution >= 4 is 11.3 Å². The van der Waals surface area contributed by atoms with Crippen LogP contribution in [0.2, 0.25) is 0 Å². The molecule has 0 aliphatic carbocycles. The molecule has 82 valence electrons. The fraction of sp³-hybridized carbons (Fsp3) is 0.308. The third kappa shape index (κ3) is 7.89. The van der Waals surface area contributed by atoms with Crippen molar-refractivity contribution < 1.29 is 0 Å². The predicted molar refractivity (Wildman–Crippen MR) is 69.4 cm³/mol. The second-order valence-electron chi connectivity index (χ2n) is 2.71. The molecule has 1 nitrogen and oxygen atoms in total. The lowest BCUT2D eigenvalue weighted by Crippen LogP contribution is -1.62. The lowest BCUT2D eigenvalue weighted by Gasteiger charge is -1.82. The molecule has 1 aromatic carbocycles. The zero-order chi connectivity index (χ0) is 11.5. The molecule has 2 heteroatoms. The maximum absolute atomic E-state index is 3.94. The molecule has 0 bridgehead atoms. The maximum Gasteiger partial charge on any atom is 0.0893 e. The van der Waals surface area contributed by atoms with E-state index in [0.717, 1.165) is 5.01 Å². The summed E-state index contributed by atoms with van der Waals surface area (Å²) in [6.45, 7) is 8.07. The monoisotopic (exact) mass is 221 g/mol. The lowest BCUT2D eigenvalue weighted by molar-refractivity contribution is 1.30. The zero-order valence-corrected chi connectivity index (χ0v) is 10.7. The summed E-state index contributed by atoms with van der Waals surface area (Å²) in [5.41, 5.74) is 1.32. The molecule has 0 aliphatic heterocycles. The Morgan fingerprint density at radius 1 is 1.00 bits per heavy atom. The van der Waals surface area contributed by atoms with Gasteiger partial charge in [0, 0.05) is 11.6 Å². The highest BCUT2D eigenvalue weighted by Gasteiger charge is 1.76. The SMILES string of the molecule is CC.Cc1ccccc1.Cc1nccs1. The van der Waals surface area contributed by atoms with Gasteiger partial charge in [0.05, 0.1) is 5.01 Å². The molecule has 0 radical (unpaired) electrons. The summed E-state index contributed by atoms with van der Waals surface area (Å²) in [6, 6.07) is 10.3.